The zero-order valence-corrected chi connectivity index (χ0v) is 16.2. The molecule has 0 spiro atoms. The second kappa shape index (κ2) is 8.35. The van der Waals surface area contributed by atoms with Crippen LogP contribution in [-0.2, 0) is 9.59 Å². The normalized spacial score (nSPS) is 10.3. The van der Waals surface area contributed by atoms with E-state index in [1.807, 2.05) is 0 Å². The first-order valence-electron chi connectivity index (χ1n) is 8.81. The van der Waals surface area contributed by atoms with Gasteiger partial charge < -0.3 is 15.1 Å². The Morgan fingerprint density at radius 2 is 1.07 bits per heavy atom. The number of nitrogens with one attached hydrogen (secondary N) is 2. The average molecular weight is 388 g/mol. The van der Waals surface area contributed by atoms with Crippen LogP contribution in [0.1, 0.15) is 13.8 Å². The van der Waals surface area contributed by atoms with E-state index in [4.69, 9.17) is 4.42 Å². The topological polar surface area (TPSA) is 97.1 Å². The molecule has 146 valence electrons. The Morgan fingerprint density at radius 3 is 1.38 bits per heavy atom. The maximum Gasteiger partial charge on any atom is 0.250 e. The minimum atomic E-state index is -0.235. The van der Waals surface area contributed by atoms with Gasteiger partial charge in [0.2, 0.25) is 11.8 Å². The van der Waals surface area contributed by atoms with E-state index >= 15 is 0 Å². The van der Waals surface area contributed by atoms with E-state index in [-0.39, 0.29) is 11.8 Å². The van der Waals surface area contributed by atoms with Crippen molar-refractivity contribution in [2.75, 3.05) is 10.6 Å². The Bertz CT molecular complexity index is 994. The summed E-state index contributed by atoms with van der Waals surface area (Å²) in [5.74, 6) is 0.247. The summed E-state index contributed by atoms with van der Waals surface area (Å²) >= 11 is 0. The molecule has 0 radical (unpaired) electrons. The molecule has 0 saturated heterocycles. The SMILES string of the molecule is C=C(C)C(=O)Nc1ccc(-c2nnc(-c3ccc(NC(=O)C(=C)C)cc3)o2)cc1. The van der Waals surface area contributed by atoms with Gasteiger partial charge in [-0.3, -0.25) is 9.59 Å². The van der Waals surface area contributed by atoms with Crippen molar-refractivity contribution in [1.29, 1.82) is 0 Å². The number of aromatic nitrogens is 2. The maximum atomic E-state index is 11.7. The van der Waals surface area contributed by atoms with Gasteiger partial charge in [-0.25, -0.2) is 0 Å². The van der Waals surface area contributed by atoms with Gasteiger partial charge in [-0.2, -0.15) is 0 Å². The molecule has 0 fully saturated rings. The molecule has 0 unspecified atom stereocenters. The molecule has 2 aromatic carbocycles. The van der Waals surface area contributed by atoms with E-state index in [0.29, 0.717) is 34.3 Å². The van der Waals surface area contributed by atoms with Gasteiger partial charge in [-0.1, -0.05) is 13.2 Å². The highest BCUT2D eigenvalue weighted by atomic mass is 16.4. The smallest absolute Gasteiger partial charge is 0.250 e. The quantitative estimate of drug-likeness (QED) is 0.609. The third-order valence-electron chi connectivity index (χ3n) is 3.98. The Kier molecular flexibility index (Phi) is 5.69. The van der Waals surface area contributed by atoms with Crippen LogP contribution in [0.5, 0.6) is 0 Å². The van der Waals surface area contributed by atoms with Crippen LogP contribution in [0.25, 0.3) is 22.9 Å². The van der Waals surface area contributed by atoms with Crippen LogP contribution >= 0.6 is 0 Å². The predicted octanol–water partition coefficient (Wildman–Crippen LogP) is 4.43. The van der Waals surface area contributed by atoms with E-state index in [2.05, 4.69) is 34.0 Å². The van der Waals surface area contributed by atoms with Gasteiger partial charge in [0.25, 0.3) is 11.8 Å². The zero-order valence-electron chi connectivity index (χ0n) is 16.2. The Hall–Kier alpha value is -4.00. The third kappa shape index (κ3) is 4.84. The zero-order chi connectivity index (χ0) is 21.0. The fraction of sp³-hybridized carbons (Fsp3) is 0.0909. The largest absolute Gasteiger partial charge is 0.416 e. The first kappa shape index (κ1) is 19.8. The first-order chi connectivity index (χ1) is 13.8. The third-order valence-corrected chi connectivity index (χ3v) is 3.98. The molecule has 0 bridgehead atoms. The lowest BCUT2D eigenvalue weighted by molar-refractivity contribution is -0.113. The summed E-state index contributed by atoms with van der Waals surface area (Å²) in [6.07, 6.45) is 0. The lowest BCUT2D eigenvalue weighted by atomic mass is 10.2. The fourth-order valence-corrected chi connectivity index (χ4v) is 2.32. The van der Waals surface area contributed by atoms with Gasteiger partial charge in [-0.05, 0) is 62.4 Å². The summed E-state index contributed by atoms with van der Waals surface area (Å²) in [5, 5.41) is 13.6. The molecule has 7 nitrogen and oxygen atoms in total. The molecule has 29 heavy (non-hydrogen) atoms. The van der Waals surface area contributed by atoms with Gasteiger partial charge in [0.1, 0.15) is 0 Å². The van der Waals surface area contributed by atoms with E-state index in [1.54, 1.807) is 62.4 Å². The second-order valence-electron chi connectivity index (χ2n) is 6.54. The van der Waals surface area contributed by atoms with Crippen LogP contribution in [0.2, 0.25) is 0 Å². The number of nitrogens with zero attached hydrogens (tertiary/aromatic N) is 2. The first-order valence-corrected chi connectivity index (χ1v) is 8.81. The molecule has 0 aliphatic carbocycles. The van der Waals surface area contributed by atoms with Crippen molar-refractivity contribution in [3.63, 3.8) is 0 Å². The van der Waals surface area contributed by atoms with Crippen LogP contribution in [0.4, 0.5) is 11.4 Å². The van der Waals surface area contributed by atoms with Gasteiger partial charge in [0.05, 0.1) is 0 Å². The molecule has 1 heterocycles. The van der Waals surface area contributed by atoms with Gasteiger partial charge in [0, 0.05) is 33.6 Å². The molecular formula is C22H20N4O3. The summed E-state index contributed by atoms with van der Waals surface area (Å²) in [4.78, 5) is 23.3. The van der Waals surface area contributed by atoms with Crippen LogP contribution in [0.3, 0.4) is 0 Å². The Morgan fingerprint density at radius 1 is 0.724 bits per heavy atom. The van der Waals surface area contributed by atoms with Crippen molar-refractivity contribution < 1.29 is 14.0 Å². The predicted molar refractivity (Wildman–Crippen MR) is 112 cm³/mol. The van der Waals surface area contributed by atoms with Crippen molar-refractivity contribution in [3.8, 4) is 22.9 Å². The maximum absolute atomic E-state index is 11.7. The number of carbonyl (C=O) groups is 2. The van der Waals surface area contributed by atoms with E-state index in [1.165, 1.54) is 0 Å². The molecule has 3 aromatic rings. The fourth-order valence-electron chi connectivity index (χ4n) is 2.32. The lowest BCUT2D eigenvalue weighted by Gasteiger charge is -2.05. The number of amides is 2. The van der Waals surface area contributed by atoms with Crippen LogP contribution in [0.15, 0.2) is 77.3 Å². The van der Waals surface area contributed by atoms with Gasteiger partial charge >= 0.3 is 0 Å². The summed E-state index contributed by atoms with van der Waals surface area (Å²) in [7, 11) is 0. The number of hydrogen-bond acceptors (Lipinski definition) is 5. The lowest BCUT2D eigenvalue weighted by Crippen LogP contribution is -2.11. The number of carbonyl (C=O) groups excluding carboxylic acids is 2. The van der Waals surface area contributed by atoms with E-state index in [0.717, 1.165) is 11.1 Å². The van der Waals surface area contributed by atoms with Gasteiger partial charge in [0.15, 0.2) is 0 Å². The summed E-state index contributed by atoms with van der Waals surface area (Å²) in [5.41, 5.74) is 3.61. The second-order valence-corrected chi connectivity index (χ2v) is 6.54. The monoisotopic (exact) mass is 388 g/mol. The molecular weight excluding hydrogens is 368 g/mol. The molecule has 2 N–H and O–H groups in total. The molecule has 0 saturated carbocycles. The van der Waals surface area contributed by atoms with Crippen LogP contribution < -0.4 is 10.6 Å². The van der Waals surface area contributed by atoms with Gasteiger partial charge in [-0.15, -0.1) is 10.2 Å². The molecule has 7 heteroatoms. The van der Waals surface area contributed by atoms with Crippen molar-refractivity contribution in [1.82, 2.24) is 10.2 Å². The van der Waals surface area contributed by atoms with E-state index < -0.39 is 0 Å². The average Bonchev–Trinajstić information content (AvgIpc) is 3.19. The molecule has 0 atom stereocenters. The molecule has 3 rings (SSSR count). The summed E-state index contributed by atoms with van der Waals surface area (Å²) in [6, 6.07) is 14.1. The minimum absolute atomic E-state index is 0.235. The van der Waals surface area contributed by atoms with E-state index in [9.17, 15) is 9.59 Å². The molecule has 2 amide bonds. The molecule has 1 aromatic heterocycles. The standard InChI is InChI=1S/C22H20N4O3/c1-13(2)19(27)23-17-9-5-15(6-10-17)21-25-26-22(29-21)16-7-11-18(12-8-16)24-20(28)14(3)4/h5-12H,1,3H2,2,4H3,(H,23,27)(H,24,28). The van der Waals surface area contributed by atoms with Crippen molar-refractivity contribution in [2.24, 2.45) is 0 Å². The summed E-state index contributed by atoms with van der Waals surface area (Å²) in [6.45, 7) is 10.5. The minimum Gasteiger partial charge on any atom is -0.416 e. The number of benzene rings is 2. The molecule has 0 aliphatic heterocycles. The van der Waals surface area contributed by atoms with Crippen LogP contribution in [-0.4, -0.2) is 22.0 Å². The number of anilines is 2. The van der Waals surface area contributed by atoms with Crippen molar-refractivity contribution in [3.05, 3.63) is 72.8 Å². The Balaban J connectivity index is 1.72. The van der Waals surface area contributed by atoms with Crippen LogP contribution in [0, 0.1) is 0 Å². The highest BCUT2D eigenvalue weighted by Gasteiger charge is 2.11. The highest BCUT2D eigenvalue weighted by molar-refractivity contribution is 6.03. The van der Waals surface area contributed by atoms with Crippen molar-refractivity contribution >= 4 is 23.2 Å². The highest BCUT2D eigenvalue weighted by Crippen LogP contribution is 2.26. The molecule has 0 aliphatic rings. The summed E-state index contributed by atoms with van der Waals surface area (Å²) < 4.78 is 5.75. The van der Waals surface area contributed by atoms with Crippen molar-refractivity contribution in [2.45, 2.75) is 13.8 Å². The Labute approximate surface area is 168 Å². The number of rotatable bonds is 6. The number of hydrogen-bond donors (Lipinski definition) is 2.